The van der Waals surface area contributed by atoms with Crippen molar-refractivity contribution in [2.75, 3.05) is 5.73 Å². The van der Waals surface area contributed by atoms with Crippen LogP contribution < -0.4 is 10.5 Å². The van der Waals surface area contributed by atoms with E-state index in [-0.39, 0.29) is 0 Å². The number of nitrogens with zero attached hydrogens (tertiary/aromatic N) is 2. The van der Waals surface area contributed by atoms with Gasteiger partial charge in [-0.25, -0.2) is 0 Å². The molecule has 1 aliphatic carbocycles. The lowest BCUT2D eigenvalue weighted by Gasteiger charge is -2.13. The maximum atomic E-state index is 6.13. The molecule has 1 aromatic carbocycles. The molecule has 2 N–H and O–H groups in total. The first kappa shape index (κ1) is 14.7. The third-order valence-electron chi connectivity index (χ3n) is 3.57. The first-order valence-electron chi connectivity index (χ1n) is 6.44. The molecule has 0 bridgehead atoms. The number of rotatable bonds is 2. The van der Waals surface area contributed by atoms with E-state index in [0.717, 1.165) is 24.0 Å². The number of hydrogen-bond donors (Lipinski definition) is 1. The molecule has 0 spiro atoms. The second-order valence-electron chi connectivity index (χ2n) is 5.04. The Bertz CT molecular complexity index is 698. The lowest BCUT2D eigenvalue weighted by molar-refractivity contribution is 0.449. The summed E-state index contributed by atoms with van der Waals surface area (Å²) in [4.78, 5) is 0. The highest BCUT2D eigenvalue weighted by atomic mass is 35.5. The summed E-state index contributed by atoms with van der Waals surface area (Å²) in [6.07, 6.45) is 1.83. The van der Waals surface area contributed by atoms with Crippen molar-refractivity contribution in [2.24, 2.45) is 0 Å². The SMILES string of the molecule is CC1CCc2c(Oc3c(Cl)cc(N)cc3Cl)nnc(Cl)c21. The van der Waals surface area contributed by atoms with E-state index in [4.69, 9.17) is 45.3 Å². The Labute approximate surface area is 137 Å². The van der Waals surface area contributed by atoms with Crippen LogP contribution in [0.2, 0.25) is 15.2 Å². The second-order valence-corrected chi connectivity index (χ2v) is 6.22. The second kappa shape index (κ2) is 5.52. The van der Waals surface area contributed by atoms with E-state index in [9.17, 15) is 0 Å². The minimum absolute atomic E-state index is 0.325. The van der Waals surface area contributed by atoms with E-state index in [0.29, 0.717) is 38.4 Å². The molecule has 1 unspecified atom stereocenters. The van der Waals surface area contributed by atoms with Crippen LogP contribution in [0.4, 0.5) is 5.69 Å². The van der Waals surface area contributed by atoms with Crippen LogP contribution in [0, 0.1) is 0 Å². The van der Waals surface area contributed by atoms with Crippen molar-refractivity contribution >= 4 is 40.5 Å². The van der Waals surface area contributed by atoms with E-state index >= 15 is 0 Å². The van der Waals surface area contributed by atoms with Crippen LogP contribution in [-0.2, 0) is 6.42 Å². The molecule has 1 aliphatic rings. The number of nitrogens with two attached hydrogens (primary N) is 1. The van der Waals surface area contributed by atoms with Crippen LogP contribution in [0.1, 0.15) is 30.4 Å². The van der Waals surface area contributed by atoms with Crippen molar-refractivity contribution < 1.29 is 4.74 Å². The largest absolute Gasteiger partial charge is 0.434 e. The van der Waals surface area contributed by atoms with Gasteiger partial charge in [0.05, 0.1) is 10.0 Å². The highest BCUT2D eigenvalue weighted by Gasteiger charge is 2.28. The zero-order valence-electron chi connectivity index (χ0n) is 11.2. The summed E-state index contributed by atoms with van der Waals surface area (Å²) < 4.78 is 5.79. The van der Waals surface area contributed by atoms with Gasteiger partial charge in [0.1, 0.15) is 0 Å². The van der Waals surface area contributed by atoms with Gasteiger partial charge in [0.25, 0.3) is 0 Å². The number of benzene rings is 1. The Hall–Kier alpha value is -1.23. The van der Waals surface area contributed by atoms with E-state index < -0.39 is 0 Å². The molecule has 0 fully saturated rings. The molecule has 0 amide bonds. The van der Waals surface area contributed by atoms with Crippen LogP contribution >= 0.6 is 34.8 Å². The molecule has 21 heavy (non-hydrogen) atoms. The van der Waals surface area contributed by atoms with Gasteiger partial charge in [0.2, 0.25) is 5.88 Å². The van der Waals surface area contributed by atoms with E-state index in [1.807, 2.05) is 0 Å². The van der Waals surface area contributed by atoms with Crippen molar-refractivity contribution in [3.05, 3.63) is 38.5 Å². The van der Waals surface area contributed by atoms with Crippen LogP contribution in [0.5, 0.6) is 11.6 Å². The summed E-state index contributed by atoms with van der Waals surface area (Å²) in [5.74, 6) is 1.06. The predicted octanol–water partition coefficient (Wildman–Crippen LogP) is 4.86. The number of hydrogen-bond acceptors (Lipinski definition) is 4. The zero-order valence-corrected chi connectivity index (χ0v) is 13.4. The van der Waals surface area contributed by atoms with Crippen LogP contribution in [-0.4, -0.2) is 10.2 Å². The maximum Gasteiger partial charge on any atom is 0.242 e. The Morgan fingerprint density at radius 2 is 1.86 bits per heavy atom. The summed E-state index contributed by atoms with van der Waals surface area (Å²) in [6, 6.07) is 3.16. The summed E-state index contributed by atoms with van der Waals surface area (Å²) in [5.41, 5.74) is 8.11. The Morgan fingerprint density at radius 3 is 2.52 bits per heavy atom. The molecule has 1 aromatic heterocycles. The summed E-state index contributed by atoms with van der Waals surface area (Å²) in [5, 5.41) is 9.07. The van der Waals surface area contributed by atoms with Gasteiger partial charge in [-0.3, -0.25) is 0 Å². The first-order valence-corrected chi connectivity index (χ1v) is 7.58. The molecule has 2 aromatic rings. The van der Waals surface area contributed by atoms with Crippen LogP contribution in [0.3, 0.4) is 0 Å². The Balaban J connectivity index is 2.05. The van der Waals surface area contributed by atoms with Gasteiger partial charge in [0.15, 0.2) is 10.9 Å². The maximum absolute atomic E-state index is 6.13. The number of fused-ring (bicyclic) bond motifs is 1. The van der Waals surface area contributed by atoms with Gasteiger partial charge in [-0.05, 0) is 30.9 Å². The van der Waals surface area contributed by atoms with Crippen LogP contribution in [0.25, 0.3) is 0 Å². The minimum atomic E-state index is 0.325. The monoisotopic (exact) mass is 343 g/mol. The normalized spacial score (nSPS) is 16.9. The van der Waals surface area contributed by atoms with Gasteiger partial charge in [-0.2, -0.15) is 0 Å². The van der Waals surface area contributed by atoms with Gasteiger partial charge in [-0.15, -0.1) is 10.2 Å². The molecular formula is C14H12Cl3N3O. The molecule has 3 rings (SSSR count). The Kier molecular flexibility index (Phi) is 3.86. The van der Waals surface area contributed by atoms with E-state index in [1.54, 1.807) is 12.1 Å². The average Bonchev–Trinajstić information content (AvgIpc) is 2.79. The fraction of sp³-hybridized carbons (Fsp3) is 0.286. The lowest BCUT2D eigenvalue weighted by Crippen LogP contribution is -2.00. The molecule has 1 atom stereocenters. The number of ether oxygens (including phenoxy) is 1. The highest BCUT2D eigenvalue weighted by molar-refractivity contribution is 6.37. The molecule has 7 heteroatoms. The highest BCUT2D eigenvalue weighted by Crippen LogP contribution is 2.43. The molecule has 0 aliphatic heterocycles. The topological polar surface area (TPSA) is 61.0 Å². The molecule has 0 radical (unpaired) electrons. The standard InChI is InChI=1S/C14H12Cl3N3O/c1-6-2-3-8-11(6)13(17)19-20-14(8)21-12-9(15)4-7(18)5-10(12)16/h4-6H,2-3,18H2,1H3. The summed E-state index contributed by atoms with van der Waals surface area (Å²) >= 11 is 18.4. The fourth-order valence-electron chi connectivity index (χ4n) is 2.55. The van der Waals surface area contributed by atoms with Crippen molar-refractivity contribution in [2.45, 2.75) is 25.7 Å². The molecule has 4 nitrogen and oxygen atoms in total. The van der Waals surface area contributed by atoms with Crippen molar-refractivity contribution in [3.63, 3.8) is 0 Å². The van der Waals surface area contributed by atoms with Gasteiger partial charge in [0, 0.05) is 16.8 Å². The number of anilines is 1. The number of nitrogen functional groups attached to an aromatic ring is 1. The number of halogens is 3. The van der Waals surface area contributed by atoms with E-state index in [2.05, 4.69) is 17.1 Å². The minimum Gasteiger partial charge on any atom is -0.434 e. The molecule has 110 valence electrons. The zero-order chi connectivity index (χ0) is 15.1. The summed E-state index contributed by atoms with van der Waals surface area (Å²) in [6.45, 7) is 2.10. The molecule has 0 saturated carbocycles. The predicted molar refractivity (Wildman–Crippen MR) is 84.7 cm³/mol. The van der Waals surface area contributed by atoms with Gasteiger partial charge < -0.3 is 10.5 Å². The average molecular weight is 345 g/mol. The first-order chi connectivity index (χ1) is 9.97. The molecular weight excluding hydrogens is 333 g/mol. The van der Waals surface area contributed by atoms with Crippen LogP contribution in [0.15, 0.2) is 12.1 Å². The molecule has 1 heterocycles. The summed E-state index contributed by atoms with van der Waals surface area (Å²) in [7, 11) is 0. The van der Waals surface area contributed by atoms with Gasteiger partial charge >= 0.3 is 0 Å². The molecule has 0 saturated heterocycles. The third kappa shape index (κ3) is 2.63. The van der Waals surface area contributed by atoms with Crippen molar-refractivity contribution in [1.82, 2.24) is 10.2 Å². The third-order valence-corrected chi connectivity index (χ3v) is 4.41. The smallest absolute Gasteiger partial charge is 0.242 e. The Morgan fingerprint density at radius 1 is 1.19 bits per heavy atom. The van der Waals surface area contributed by atoms with Gasteiger partial charge in [-0.1, -0.05) is 41.7 Å². The number of aromatic nitrogens is 2. The lowest BCUT2D eigenvalue weighted by atomic mass is 10.1. The fourth-order valence-corrected chi connectivity index (χ4v) is 3.47. The van der Waals surface area contributed by atoms with Crippen molar-refractivity contribution in [1.29, 1.82) is 0 Å². The van der Waals surface area contributed by atoms with Crippen molar-refractivity contribution in [3.8, 4) is 11.6 Å². The van der Waals surface area contributed by atoms with E-state index in [1.165, 1.54) is 0 Å². The quantitative estimate of drug-likeness (QED) is 0.790.